The number of aromatic nitrogens is 2. The zero-order chi connectivity index (χ0) is 19.5. The second kappa shape index (κ2) is 8.02. The first-order chi connectivity index (χ1) is 13.6. The monoisotopic (exact) mass is 383 g/mol. The number of para-hydroxylation sites is 1. The topological polar surface area (TPSA) is 79.7 Å². The van der Waals surface area contributed by atoms with Gasteiger partial charge in [0.15, 0.2) is 0 Å². The van der Waals surface area contributed by atoms with Crippen molar-refractivity contribution in [2.75, 3.05) is 45.2 Å². The van der Waals surface area contributed by atoms with Crippen molar-refractivity contribution in [2.24, 2.45) is 5.92 Å². The molecule has 28 heavy (non-hydrogen) atoms. The van der Waals surface area contributed by atoms with Crippen molar-refractivity contribution < 1.29 is 14.3 Å². The van der Waals surface area contributed by atoms with Crippen molar-refractivity contribution in [3.8, 4) is 5.75 Å². The van der Waals surface area contributed by atoms with Crippen molar-refractivity contribution in [2.45, 2.75) is 13.0 Å². The molecule has 8 heteroatoms. The van der Waals surface area contributed by atoms with E-state index in [0.717, 1.165) is 37.5 Å². The van der Waals surface area contributed by atoms with E-state index in [1.54, 1.807) is 17.1 Å². The van der Waals surface area contributed by atoms with Gasteiger partial charge < -0.3 is 19.9 Å². The number of carbonyl (C=O) groups is 2. The number of nitrogens with one attached hydrogen (secondary N) is 1. The molecule has 1 unspecified atom stereocenters. The molecular formula is C20H25N5O3. The van der Waals surface area contributed by atoms with Crippen LogP contribution >= 0.6 is 0 Å². The molecule has 1 N–H and O–H groups in total. The number of carbonyl (C=O) groups excluding carboxylic acids is 2. The number of anilines is 1. The van der Waals surface area contributed by atoms with Crippen molar-refractivity contribution in [3.63, 3.8) is 0 Å². The third-order valence-electron chi connectivity index (χ3n) is 5.30. The average Bonchev–Trinajstić information content (AvgIpc) is 3.14. The van der Waals surface area contributed by atoms with E-state index in [2.05, 4.69) is 22.4 Å². The fourth-order valence-electron chi connectivity index (χ4n) is 3.55. The third kappa shape index (κ3) is 4.17. The highest BCUT2D eigenvalue weighted by Gasteiger charge is 2.26. The maximum Gasteiger partial charge on any atom is 0.244 e. The van der Waals surface area contributed by atoms with Gasteiger partial charge in [-0.25, -0.2) is 0 Å². The minimum Gasteiger partial charge on any atom is -0.492 e. The Balaban J connectivity index is 1.31. The summed E-state index contributed by atoms with van der Waals surface area (Å²) in [6.45, 7) is 3.79. The van der Waals surface area contributed by atoms with Crippen LogP contribution in [0.15, 0.2) is 36.7 Å². The molecule has 0 aliphatic carbocycles. The first kappa shape index (κ1) is 18.5. The second-order valence-corrected chi connectivity index (χ2v) is 7.42. The third-order valence-corrected chi connectivity index (χ3v) is 5.30. The van der Waals surface area contributed by atoms with Gasteiger partial charge in [0.25, 0.3) is 0 Å². The molecule has 2 aromatic rings. The van der Waals surface area contributed by atoms with Gasteiger partial charge in [-0.2, -0.15) is 5.10 Å². The van der Waals surface area contributed by atoms with E-state index in [1.807, 2.05) is 29.2 Å². The van der Waals surface area contributed by atoms with E-state index in [1.165, 1.54) is 0 Å². The van der Waals surface area contributed by atoms with Gasteiger partial charge in [0.2, 0.25) is 11.8 Å². The highest BCUT2D eigenvalue weighted by molar-refractivity contribution is 5.92. The van der Waals surface area contributed by atoms with Gasteiger partial charge in [-0.05, 0) is 25.1 Å². The van der Waals surface area contributed by atoms with Crippen LogP contribution in [0.2, 0.25) is 0 Å². The number of amides is 2. The molecule has 148 valence electrons. The average molecular weight is 383 g/mol. The van der Waals surface area contributed by atoms with E-state index in [0.29, 0.717) is 18.7 Å². The predicted octanol–water partition coefficient (Wildman–Crippen LogP) is 0.847. The molecule has 2 aliphatic heterocycles. The van der Waals surface area contributed by atoms with Gasteiger partial charge in [0.05, 0.1) is 17.8 Å². The summed E-state index contributed by atoms with van der Waals surface area (Å²) in [5.41, 5.74) is 1.64. The first-order valence-corrected chi connectivity index (χ1v) is 9.59. The van der Waals surface area contributed by atoms with Crippen molar-refractivity contribution in [1.29, 1.82) is 0 Å². The number of hydrogen-bond acceptors (Lipinski definition) is 5. The number of benzene rings is 1. The van der Waals surface area contributed by atoms with Crippen LogP contribution in [0, 0.1) is 5.92 Å². The number of nitrogens with zero attached hydrogens (tertiary/aromatic N) is 4. The Morgan fingerprint density at radius 2 is 2.00 bits per heavy atom. The molecule has 1 aromatic heterocycles. The lowest BCUT2D eigenvalue weighted by atomic mass is 9.96. The smallest absolute Gasteiger partial charge is 0.244 e. The molecule has 0 bridgehead atoms. The van der Waals surface area contributed by atoms with Crippen LogP contribution in [0.25, 0.3) is 0 Å². The van der Waals surface area contributed by atoms with Crippen LogP contribution in [0.3, 0.4) is 0 Å². The lowest BCUT2D eigenvalue weighted by Crippen LogP contribution is -2.48. The van der Waals surface area contributed by atoms with Gasteiger partial charge >= 0.3 is 0 Å². The van der Waals surface area contributed by atoms with Crippen molar-refractivity contribution in [3.05, 3.63) is 42.2 Å². The molecular weight excluding hydrogens is 358 g/mol. The zero-order valence-electron chi connectivity index (χ0n) is 16.0. The van der Waals surface area contributed by atoms with Gasteiger partial charge in [0.1, 0.15) is 18.9 Å². The van der Waals surface area contributed by atoms with Gasteiger partial charge in [-0.3, -0.25) is 14.3 Å². The van der Waals surface area contributed by atoms with E-state index in [4.69, 9.17) is 4.74 Å². The maximum atomic E-state index is 12.6. The molecule has 2 amide bonds. The van der Waals surface area contributed by atoms with Crippen LogP contribution in [-0.2, 0) is 22.6 Å². The van der Waals surface area contributed by atoms with E-state index in [-0.39, 0.29) is 24.3 Å². The van der Waals surface area contributed by atoms with Crippen LogP contribution in [0.4, 0.5) is 5.69 Å². The molecule has 2 aliphatic rings. The molecule has 3 heterocycles. The molecule has 8 nitrogen and oxygen atoms in total. The summed E-state index contributed by atoms with van der Waals surface area (Å²) in [7, 11) is 2.06. The Bertz CT molecular complexity index is 857. The summed E-state index contributed by atoms with van der Waals surface area (Å²) in [4.78, 5) is 29.1. The number of likely N-dealkylation sites (N-methyl/N-ethyl adjacent to an activating group) is 1. The fraction of sp³-hybridized carbons (Fsp3) is 0.450. The summed E-state index contributed by atoms with van der Waals surface area (Å²) in [5, 5.41) is 7.10. The maximum absolute atomic E-state index is 12.6. The second-order valence-electron chi connectivity index (χ2n) is 7.42. The quantitative estimate of drug-likeness (QED) is 0.847. The highest BCUT2D eigenvalue weighted by atomic mass is 16.5. The lowest BCUT2D eigenvalue weighted by molar-refractivity contribution is -0.133. The Labute approximate surface area is 164 Å². The van der Waals surface area contributed by atoms with Crippen molar-refractivity contribution >= 4 is 17.5 Å². The van der Waals surface area contributed by atoms with Gasteiger partial charge in [-0.15, -0.1) is 0 Å². The van der Waals surface area contributed by atoms with Crippen LogP contribution in [0.1, 0.15) is 5.56 Å². The molecule has 1 fully saturated rings. The van der Waals surface area contributed by atoms with E-state index in [9.17, 15) is 9.59 Å². The standard InChI is InChI=1S/C20H25N5O3/c1-23-6-8-24(9-7-23)19(26)13-25-12-17(11-21-25)22-20(27)16-10-15-4-2-3-5-18(15)28-14-16/h2-5,11-12,16H,6-10,13-14H2,1H3,(H,22,27). The Morgan fingerprint density at radius 3 is 2.82 bits per heavy atom. The van der Waals surface area contributed by atoms with Crippen LogP contribution in [0.5, 0.6) is 5.75 Å². The first-order valence-electron chi connectivity index (χ1n) is 9.59. The van der Waals surface area contributed by atoms with Crippen molar-refractivity contribution in [1.82, 2.24) is 19.6 Å². The molecule has 0 saturated carbocycles. The normalized spacial score (nSPS) is 19.6. The van der Waals surface area contributed by atoms with Gasteiger partial charge in [-0.1, -0.05) is 18.2 Å². The van der Waals surface area contributed by atoms with E-state index < -0.39 is 0 Å². The summed E-state index contributed by atoms with van der Waals surface area (Å²) in [6, 6.07) is 7.78. The molecule has 1 atom stereocenters. The predicted molar refractivity (Wildman–Crippen MR) is 104 cm³/mol. The van der Waals surface area contributed by atoms with Gasteiger partial charge in [0, 0.05) is 32.4 Å². The molecule has 1 aromatic carbocycles. The number of fused-ring (bicyclic) bond motifs is 1. The van der Waals surface area contributed by atoms with Crippen LogP contribution in [-0.4, -0.2) is 71.2 Å². The molecule has 1 saturated heterocycles. The number of rotatable bonds is 4. The minimum atomic E-state index is -0.245. The summed E-state index contributed by atoms with van der Waals surface area (Å²) in [6.07, 6.45) is 3.92. The fourth-order valence-corrected chi connectivity index (χ4v) is 3.55. The lowest BCUT2D eigenvalue weighted by Gasteiger charge is -2.32. The molecule has 0 spiro atoms. The summed E-state index contributed by atoms with van der Waals surface area (Å²) >= 11 is 0. The molecule has 0 radical (unpaired) electrons. The number of ether oxygens (including phenoxy) is 1. The Hall–Kier alpha value is -2.87. The Kier molecular flexibility index (Phi) is 5.29. The summed E-state index contributed by atoms with van der Waals surface area (Å²) < 4.78 is 7.26. The molecule has 4 rings (SSSR count). The highest BCUT2D eigenvalue weighted by Crippen LogP contribution is 2.27. The Morgan fingerprint density at radius 1 is 1.21 bits per heavy atom. The minimum absolute atomic E-state index is 0.0476. The largest absolute Gasteiger partial charge is 0.492 e. The SMILES string of the molecule is CN1CCN(C(=O)Cn2cc(NC(=O)C3COc4ccccc4C3)cn2)CC1. The number of piperazine rings is 1. The van der Waals surface area contributed by atoms with E-state index >= 15 is 0 Å². The summed E-state index contributed by atoms with van der Waals surface area (Å²) in [5.74, 6) is 0.554. The van der Waals surface area contributed by atoms with Crippen LogP contribution < -0.4 is 10.1 Å². The zero-order valence-corrected chi connectivity index (χ0v) is 16.0. The number of hydrogen-bond donors (Lipinski definition) is 1.